The van der Waals surface area contributed by atoms with Crippen LogP contribution in [0.15, 0.2) is 42.5 Å². The highest BCUT2D eigenvalue weighted by Crippen LogP contribution is 2.36. The number of carbonyl (C=O) groups is 2. The number of anilines is 1. The van der Waals surface area contributed by atoms with E-state index in [1.54, 1.807) is 23.1 Å². The van der Waals surface area contributed by atoms with Crippen LogP contribution < -0.4 is 19.7 Å². The average molecular weight is 338 g/mol. The van der Waals surface area contributed by atoms with Crippen LogP contribution in [-0.2, 0) is 11.2 Å². The highest BCUT2D eigenvalue weighted by atomic mass is 16.7. The maximum absolute atomic E-state index is 13.2. The summed E-state index contributed by atoms with van der Waals surface area (Å²) in [4.78, 5) is 27.3. The van der Waals surface area contributed by atoms with Crippen molar-refractivity contribution in [2.45, 2.75) is 19.4 Å². The van der Waals surface area contributed by atoms with Gasteiger partial charge in [-0.15, -0.1) is 0 Å². The van der Waals surface area contributed by atoms with Gasteiger partial charge < -0.3 is 14.8 Å². The molecule has 0 spiro atoms. The number of nitrogens with zero attached hydrogens (tertiary/aromatic N) is 1. The molecule has 6 nitrogen and oxygen atoms in total. The van der Waals surface area contributed by atoms with E-state index >= 15 is 0 Å². The smallest absolute Gasteiger partial charge is 0.259 e. The molecule has 0 bridgehead atoms. The van der Waals surface area contributed by atoms with Gasteiger partial charge in [-0.3, -0.25) is 14.5 Å². The predicted molar refractivity (Wildman–Crippen MR) is 92.0 cm³/mol. The van der Waals surface area contributed by atoms with Crippen LogP contribution >= 0.6 is 0 Å². The molecule has 1 unspecified atom stereocenters. The molecule has 0 fully saturated rings. The Morgan fingerprint density at radius 2 is 1.96 bits per heavy atom. The quantitative estimate of drug-likeness (QED) is 0.931. The van der Waals surface area contributed by atoms with Gasteiger partial charge in [-0.1, -0.05) is 18.2 Å². The zero-order chi connectivity index (χ0) is 17.4. The Morgan fingerprint density at radius 1 is 1.16 bits per heavy atom. The van der Waals surface area contributed by atoms with Crippen LogP contribution in [0.5, 0.6) is 11.5 Å². The molecule has 6 heteroatoms. The summed E-state index contributed by atoms with van der Waals surface area (Å²) in [6, 6.07) is 12.2. The van der Waals surface area contributed by atoms with E-state index < -0.39 is 6.04 Å². The monoisotopic (exact) mass is 338 g/mol. The fraction of sp³-hybridized carbons (Fsp3) is 0.263. The van der Waals surface area contributed by atoms with Gasteiger partial charge in [0.2, 0.25) is 12.7 Å². The van der Waals surface area contributed by atoms with Crippen LogP contribution in [0.1, 0.15) is 22.8 Å². The van der Waals surface area contributed by atoms with Crippen LogP contribution in [0.4, 0.5) is 5.69 Å². The summed E-state index contributed by atoms with van der Waals surface area (Å²) in [5, 5.41) is 2.82. The lowest BCUT2D eigenvalue weighted by molar-refractivity contribution is -0.122. The number of rotatable bonds is 3. The number of amides is 2. The van der Waals surface area contributed by atoms with Crippen molar-refractivity contribution in [3.05, 3.63) is 53.6 Å². The number of para-hydroxylation sites is 1. The van der Waals surface area contributed by atoms with E-state index in [0.717, 1.165) is 11.3 Å². The Morgan fingerprint density at radius 3 is 2.80 bits per heavy atom. The molecule has 0 saturated carbocycles. The zero-order valence-electron chi connectivity index (χ0n) is 13.8. The minimum atomic E-state index is -0.546. The van der Waals surface area contributed by atoms with Gasteiger partial charge in [-0.2, -0.15) is 0 Å². The maximum atomic E-state index is 13.2. The number of ether oxygens (including phenoxy) is 2. The number of likely N-dealkylation sites (N-methyl/N-ethyl adjacent to an activating group) is 1. The number of hydrogen-bond donors (Lipinski definition) is 1. The second kappa shape index (κ2) is 6.12. The van der Waals surface area contributed by atoms with Crippen LogP contribution in [0.3, 0.4) is 0 Å². The van der Waals surface area contributed by atoms with Crippen molar-refractivity contribution in [1.29, 1.82) is 0 Å². The van der Waals surface area contributed by atoms with E-state index in [9.17, 15) is 9.59 Å². The van der Waals surface area contributed by atoms with Crippen LogP contribution in [0.25, 0.3) is 0 Å². The van der Waals surface area contributed by atoms with Gasteiger partial charge in [0, 0.05) is 24.2 Å². The van der Waals surface area contributed by atoms with Crippen molar-refractivity contribution in [3.63, 3.8) is 0 Å². The first-order valence-electron chi connectivity index (χ1n) is 8.28. The van der Waals surface area contributed by atoms with Gasteiger partial charge in [0.15, 0.2) is 11.5 Å². The Bertz CT molecular complexity index is 849. The normalized spacial score (nSPS) is 17.3. The fourth-order valence-electron chi connectivity index (χ4n) is 3.31. The first-order valence-corrected chi connectivity index (χ1v) is 8.28. The molecule has 25 heavy (non-hydrogen) atoms. The maximum Gasteiger partial charge on any atom is 0.259 e. The Labute approximate surface area is 145 Å². The van der Waals surface area contributed by atoms with E-state index in [1.807, 2.05) is 31.2 Å². The second-order valence-corrected chi connectivity index (χ2v) is 5.99. The standard InChI is InChI=1S/C19H18N2O4/c1-2-20-18(22)15-9-12-5-3-4-6-14(12)21(15)19(23)13-7-8-16-17(10-13)25-11-24-16/h3-8,10,15H,2,9,11H2,1H3,(H,20,22). The topological polar surface area (TPSA) is 67.9 Å². The Hall–Kier alpha value is -3.02. The van der Waals surface area contributed by atoms with Gasteiger partial charge >= 0.3 is 0 Å². The first-order chi connectivity index (χ1) is 12.2. The van der Waals surface area contributed by atoms with Crippen molar-refractivity contribution in [1.82, 2.24) is 5.32 Å². The van der Waals surface area contributed by atoms with Crippen molar-refractivity contribution >= 4 is 17.5 Å². The lowest BCUT2D eigenvalue weighted by Crippen LogP contribution is -2.48. The predicted octanol–water partition coefficient (Wildman–Crippen LogP) is 2.12. The largest absolute Gasteiger partial charge is 0.454 e. The van der Waals surface area contributed by atoms with Gasteiger partial charge in [0.25, 0.3) is 5.91 Å². The third-order valence-corrected chi connectivity index (χ3v) is 4.47. The number of benzene rings is 2. The molecule has 2 aromatic carbocycles. The molecule has 2 aliphatic heterocycles. The second-order valence-electron chi connectivity index (χ2n) is 5.99. The van der Waals surface area contributed by atoms with E-state index in [0.29, 0.717) is 30.0 Å². The van der Waals surface area contributed by atoms with E-state index in [2.05, 4.69) is 5.32 Å². The molecular weight excluding hydrogens is 320 g/mol. The van der Waals surface area contributed by atoms with Gasteiger partial charge in [0.1, 0.15) is 6.04 Å². The van der Waals surface area contributed by atoms with Crippen LogP contribution in [0, 0.1) is 0 Å². The van der Waals surface area contributed by atoms with Crippen molar-refractivity contribution in [2.24, 2.45) is 0 Å². The average Bonchev–Trinajstić information content (AvgIpc) is 3.25. The Balaban J connectivity index is 1.72. The van der Waals surface area contributed by atoms with Gasteiger partial charge in [-0.05, 0) is 36.8 Å². The lowest BCUT2D eigenvalue weighted by atomic mass is 10.1. The summed E-state index contributed by atoms with van der Waals surface area (Å²) < 4.78 is 10.7. The van der Waals surface area contributed by atoms with Crippen molar-refractivity contribution in [2.75, 3.05) is 18.2 Å². The molecule has 0 aliphatic carbocycles. The molecule has 0 aromatic heterocycles. The third-order valence-electron chi connectivity index (χ3n) is 4.47. The summed E-state index contributed by atoms with van der Waals surface area (Å²) in [6.07, 6.45) is 0.512. The minimum absolute atomic E-state index is 0.146. The third kappa shape index (κ3) is 2.59. The van der Waals surface area contributed by atoms with Crippen molar-refractivity contribution in [3.8, 4) is 11.5 Å². The minimum Gasteiger partial charge on any atom is -0.454 e. The van der Waals surface area contributed by atoms with E-state index in [1.165, 1.54) is 0 Å². The number of fused-ring (bicyclic) bond motifs is 2. The molecular formula is C19H18N2O4. The molecule has 2 heterocycles. The van der Waals surface area contributed by atoms with E-state index in [4.69, 9.17) is 9.47 Å². The van der Waals surface area contributed by atoms with Gasteiger partial charge in [0.05, 0.1) is 0 Å². The van der Waals surface area contributed by atoms with E-state index in [-0.39, 0.29) is 18.6 Å². The molecule has 4 rings (SSSR count). The lowest BCUT2D eigenvalue weighted by Gasteiger charge is -2.25. The number of hydrogen-bond acceptors (Lipinski definition) is 4. The highest BCUT2D eigenvalue weighted by Gasteiger charge is 2.38. The summed E-state index contributed by atoms with van der Waals surface area (Å²) >= 11 is 0. The molecule has 0 saturated heterocycles. The highest BCUT2D eigenvalue weighted by molar-refractivity contribution is 6.11. The van der Waals surface area contributed by atoms with Crippen molar-refractivity contribution < 1.29 is 19.1 Å². The Kier molecular flexibility index (Phi) is 3.80. The molecule has 2 amide bonds. The van der Waals surface area contributed by atoms with Crippen LogP contribution in [-0.4, -0.2) is 31.2 Å². The summed E-state index contributed by atoms with van der Waals surface area (Å²) in [6.45, 7) is 2.54. The summed E-state index contributed by atoms with van der Waals surface area (Å²) in [5.74, 6) is 0.804. The molecule has 128 valence electrons. The first kappa shape index (κ1) is 15.5. The SMILES string of the molecule is CCNC(=O)C1Cc2ccccc2N1C(=O)c1ccc2c(c1)OCO2. The van der Waals surface area contributed by atoms with Crippen LogP contribution in [0.2, 0.25) is 0 Å². The molecule has 2 aromatic rings. The number of carbonyl (C=O) groups excluding carboxylic acids is 2. The fourth-order valence-corrected chi connectivity index (χ4v) is 3.31. The summed E-state index contributed by atoms with van der Waals surface area (Å²) in [5.41, 5.74) is 2.24. The molecule has 1 atom stereocenters. The molecule has 1 N–H and O–H groups in total. The van der Waals surface area contributed by atoms with Gasteiger partial charge in [-0.25, -0.2) is 0 Å². The summed E-state index contributed by atoms with van der Waals surface area (Å²) in [7, 11) is 0. The zero-order valence-corrected chi connectivity index (χ0v) is 13.8. The molecule has 0 radical (unpaired) electrons. The number of nitrogens with one attached hydrogen (secondary N) is 1. The molecule has 2 aliphatic rings.